The van der Waals surface area contributed by atoms with Crippen LogP contribution in [-0.4, -0.2) is 89.8 Å². The lowest BCUT2D eigenvalue weighted by Crippen LogP contribution is -2.56. The van der Waals surface area contributed by atoms with Crippen LogP contribution in [0.2, 0.25) is 0 Å². The molecule has 1 aromatic carbocycles. The highest BCUT2D eigenvalue weighted by Gasteiger charge is 2.28. The number of rotatable bonds is 29. The Balaban J connectivity index is 1.84. The highest BCUT2D eigenvalue weighted by atomic mass is 32.2. The van der Waals surface area contributed by atoms with E-state index in [1.165, 1.54) is 20.8 Å². The van der Waals surface area contributed by atoms with Crippen LogP contribution < -0.4 is 37.6 Å². The summed E-state index contributed by atoms with van der Waals surface area (Å²) in [6.07, 6.45) is 8.93. The maximum atomic E-state index is 13.5. The van der Waals surface area contributed by atoms with E-state index < -0.39 is 41.8 Å². The monoisotopic (exact) mass is 816 g/mol. The minimum Gasteiger partial charge on any atom is -0.368 e. The lowest BCUT2D eigenvalue weighted by Gasteiger charge is -2.25. The van der Waals surface area contributed by atoms with Gasteiger partial charge < -0.3 is 37.6 Å². The quantitative estimate of drug-likeness (QED) is 0.0471. The summed E-state index contributed by atoms with van der Waals surface area (Å²) in [6.45, 7) is 5.36. The average molecular weight is 817 g/mol. The van der Waals surface area contributed by atoms with Gasteiger partial charge in [-0.1, -0.05) is 48.5 Å². The molecule has 0 saturated carbocycles. The van der Waals surface area contributed by atoms with Gasteiger partial charge in [0.15, 0.2) is 0 Å². The first-order chi connectivity index (χ1) is 26.8. The van der Waals surface area contributed by atoms with Gasteiger partial charge >= 0.3 is 0 Å². The number of hydrogen-bond donors (Lipinski definition) is 7. The molecule has 0 bridgehead atoms. The van der Waals surface area contributed by atoms with Crippen molar-refractivity contribution in [1.82, 2.24) is 36.9 Å². The molecule has 0 radical (unpaired) electrons. The molecule has 0 aliphatic heterocycles. The summed E-state index contributed by atoms with van der Waals surface area (Å²) in [5.41, 5.74) is 6.75. The lowest BCUT2D eigenvalue weighted by molar-refractivity contribution is -0.133. The fourth-order valence-electron chi connectivity index (χ4n) is 5.66. The Bertz CT molecular complexity index is 1540. The van der Waals surface area contributed by atoms with E-state index >= 15 is 0 Å². The Morgan fingerprint density at radius 1 is 0.643 bits per heavy atom. The van der Waals surface area contributed by atoms with Gasteiger partial charge in [0.2, 0.25) is 41.4 Å². The molecule has 8 N–H and O–H groups in total. The van der Waals surface area contributed by atoms with Crippen LogP contribution in [0.1, 0.15) is 104 Å². The van der Waals surface area contributed by atoms with Crippen molar-refractivity contribution in [3.63, 3.8) is 0 Å². The summed E-state index contributed by atoms with van der Waals surface area (Å²) >= 11 is 3.41. The molecule has 7 amide bonds. The molecule has 310 valence electrons. The molecule has 2 aromatic rings. The van der Waals surface area contributed by atoms with Crippen LogP contribution in [0.5, 0.6) is 0 Å². The van der Waals surface area contributed by atoms with Crippen molar-refractivity contribution >= 4 is 64.4 Å². The minimum absolute atomic E-state index is 0.0490. The Kier molecular flexibility index (Phi) is 23.8. The summed E-state index contributed by atoms with van der Waals surface area (Å²) in [5, 5.41) is 16.4. The van der Waals surface area contributed by atoms with E-state index in [2.05, 4.69) is 49.0 Å². The number of nitrogens with two attached hydrogens (primary N) is 1. The first kappa shape index (κ1) is 47.6. The van der Waals surface area contributed by atoms with Gasteiger partial charge in [0, 0.05) is 58.8 Å². The molecule has 0 fully saturated rings. The van der Waals surface area contributed by atoms with Crippen LogP contribution in [0.3, 0.4) is 0 Å². The smallest absolute Gasteiger partial charge is 0.243 e. The Hall–Kier alpha value is -4.51. The number of hydrogen-bond acceptors (Lipinski definition) is 10. The van der Waals surface area contributed by atoms with Gasteiger partial charge in [-0.2, -0.15) is 0 Å². The molecular formula is C39H60N8O7S2. The van der Waals surface area contributed by atoms with E-state index in [0.717, 1.165) is 39.8 Å². The van der Waals surface area contributed by atoms with Crippen molar-refractivity contribution in [3.8, 4) is 10.4 Å². The highest BCUT2D eigenvalue weighted by Crippen LogP contribution is 2.31. The molecular weight excluding hydrogens is 757 g/mol. The third-order valence-electron chi connectivity index (χ3n) is 8.63. The molecule has 56 heavy (non-hydrogen) atoms. The number of nitrogens with one attached hydrogen (secondary N) is 6. The summed E-state index contributed by atoms with van der Waals surface area (Å²) < 4.78 is 1.03. The Morgan fingerprint density at radius 2 is 1.18 bits per heavy atom. The van der Waals surface area contributed by atoms with Gasteiger partial charge in [-0.25, -0.2) is 4.98 Å². The number of amides is 7. The number of benzene rings is 1. The third-order valence-corrected chi connectivity index (χ3v) is 10.9. The van der Waals surface area contributed by atoms with Crippen molar-refractivity contribution in [1.29, 1.82) is 0 Å². The topological polar surface area (TPSA) is 231 Å². The van der Waals surface area contributed by atoms with E-state index in [-0.39, 0.29) is 37.0 Å². The molecule has 1 heterocycles. The SMILES string of the molecule is CC(=O)NCCCC[C@H](NC(=O)[C@H](CCCCNC(=O)CCCCCSc1ncc(-c2ccccc2)s1)NC(=O)[C@H](CCCCNC(C)=O)NC(C)=O)C(N)=O. The number of thiazole rings is 1. The summed E-state index contributed by atoms with van der Waals surface area (Å²) in [7, 11) is 0. The first-order valence-corrected chi connectivity index (χ1v) is 21.2. The second kappa shape index (κ2) is 28.0. The number of aromatic nitrogens is 1. The van der Waals surface area contributed by atoms with E-state index in [9.17, 15) is 33.6 Å². The second-order valence-electron chi connectivity index (χ2n) is 13.6. The van der Waals surface area contributed by atoms with Gasteiger partial charge in [-0.05, 0) is 76.2 Å². The summed E-state index contributed by atoms with van der Waals surface area (Å²) in [5.74, 6) is -1.74. The predicted molar refractivity (Wildman–Crippen MR) is 219 cm³/mol. The third kappa shape index (κ3) is 21.5. The van der Waals surface area contributed by atoms with Gasteiger partial charge in [0.1, 0.15) is 22.5 Å². The molecule has 2 rings (SSSR count). The van der Waals surface area contributed by atoms with Crippen LogP contribution >= 0.6 is 23.1 Å². The largest absolute Gasteiger partial charge is 0.368 e. The van der Waals surface area contributed by atoms with Crippen LogP contribution in [0.25, 0.3) is 10.4 Å². The second-order valence-corrected chi connectivity index (χ2v) is 16.0. The first-order valence-electron chi connectivity index (χ1n) is 19.4. The zero-order valence-electron chi connectivity index (χ0n) is 32.9. The Labute approximate surface area is 338 Å². The molecule has 17 heteroatoms. The number of nitrogens with zero attached hydrogens (tertiary/aromatic N) is 1. The molecule has 0 unspecified atom stereocenters. The Morgan fingerprint density at radius 3 is 1.73 bits per heavy atom. The van der Waals surface area contributed by atoms with Crippen LogP contribution in [-0.2, 0) is 33.6 Å². The number of thioether (sulfide) groups is 1. The maximum absolute atomic E-state index is 13.5. The van der Waals surface area contributed by atoms with Crippen LogP contribution in [0.4, 0.5) is 0 Å². The van der Waals surface area contributed by atoms with E-state index in [0.29, 0.717) is 64.6 Å². The van der Waals surface area contributed by atoms with E-state index in [1.807, 2.05) is 24.4 Å². The summed E-state index contributed by atoms with van der Waals surface area (Å²) in [4.78, 5) is 91.5. The van der Waals surface area contributed by atoms with E-state index in [1.54, 1.807) is 23.1 Å². The van der Waals surface area contributed by atoms with Gasteiger partial charge in [-0.15, -0.1) is 11.3 Å². The lowest BCUT2D eigenvalue weighted by atomic mass is 10.0. The maximum Gasteiger partial charge on any atom is 0.243 e. The van der Waals surface area contributed by atoms with Crippen molar-refractivity contribution < 1.29 is 33.6 Å². The fraction of sp³-hybridized carbons (Fsp3) is 0.590. The van der Waals surface area contributed by atoms with Crippen LogP contribution in [0, 0.1) is 0 Å². The van der Waals surface area contributed by atoms with Crippen molar-refractivity contribution in [3.05, 3.63) is 36.5 Å². The van der Waals surface area contributed by atoms with Gasteiger partial charge in [-0.3, -0.25) is 33.6 Å². The zero-order chi connectivity index (χ0) is 41.1. The molecule has 0 aliphatic rings. The summed E-state index contributed by atoms with van der Waals surface area (Å²) in [6, 6.07) is 7.22. The zero-order valence-corrected chi connectivity index (χ0v) is 34.5. The number of carbonyl (C=O) groups excluding carboxylic acids is 7. The number of primary amides is 1. The standard InChI is InChI=1S/C39H60N8O7S2/c1-27(48)41-22-12-9-18-31(36(40)52)46-38(54)33(47-37(53)32(45-29(3)50)19-10-13-23-42-28(2)49)20-11-14-24-43-35(51)21-8-5-15-25-55-39-44-26-34(56-39)30-16-6-4-7-17-30/h4,6-7,16-17,26,31-33H,5,8-15,18-25H2,1-3H3,(H2,40,52)(H,41,48)(H,42,49)(H,43,51)(H,45,50)(H,46,54)(H,47,53)/t31-,32-,33-/m0/s1. The van der Waals surface area contributed by atoms with E-state index in [4.69, 9.17) is 5.73 Å². The molecule has 3 atom stereocenters. The highest BCUT2D eigenvalue weighted by molar-refractivity contribution is 8.01. The molecule has 1 aromatic heterocycles. The average Bonchev–Trinajstić information content (AvgIpc) is 3.63. The predicted octanol–water partition coefficient (Wildman–Crippen LogP) is 3.32. The van der Waals surface area contributed by atoms with Crippen molar-refractivity contribution in [2.75, 3.05) is 25.4 Å². The van der Waals surface area contributed by atoms with Crippen molar-refractivity contribution in [2.24, 2.45) is 5.73 Å². The van der Waals surface area contributed by atoms with Gasteiger partial charge in [0.05, 0.1) is 4.88 Å². The molecule has 15 nitrogen and oxygen atoms in total. The number of unbranched alkanes of at least 4 members (excludes halogenated alkanes) is 5. The minimum atomic E-state index is -1.04. The molecule has 0 aliphatic carbocycles. The van der Waals surface area contributed by atoms with Crippen LogP contribution in [0.15, 0.2) is 40.9 Å². The normalized spacial score (nSPS) is 12.4. The fourth-order valence-corrected chi connectivity index (χ4v) is 7.72. The van der Waals surface area contributed by atoms with Gasteiger partial charge in [0.25, 0.3) is 0 Å². The number of carbonyl (C=O) groups is 7. The molecule has 0 spiro atoms. The molecule has 0 saturated heterocycles. The van der Waals surface area contributed by atoms with Crippen molar-refractivity contribution in [2.45, 2.75) is 127 Å².